The van der Waals surface area contributed by atoms with Gasteiger partial charge in [0.2, 0.25) is 12.1 Å². The number of oxime groups is 1. The lowest BCUT2D eigenvalue weighted by molar-refractivity contribution is -0.384. The highest BCUT2D eigenvalue weighted by Crippen LogP contribution is 2.62. The van der Waals surface area contributed by atoms with Crippen molar-refractivity contribution >= 4 is 17.5 Å². The third-order valence-corrected chi connectivity index (χ3v) is 12.3. The largest absolute Gasteiger partial charge is 0.492 e. The van der Waals surface area contributed by atoms with Crippen molar-refractivity contribution in [1.82, 2.24) is 9.80 Å². The van der Waals surface area contributed by atoms with E-state index >= 15 is 0 Å². The van der Waals surface area contributed by atoms with Crippen LogP contribution in [0.5, 0.6) is 17.2 Å². The number of hydrogen-bond donors (Lipinski definition) is 2. The van der Waals surface area contributed by atoms with Crippen LogP contribution >= 0.6 is 0 Å². The molecule has 15 heteroatoms. The second kappa shape index (κ2) is 19.7. The number of nitrogens with zero attached hydrogens (tertiary/aromatic N) is 4. The van der Waals surface area contributed by atoms with Crippen molar-refractivity contribution < 1.29 is 48.5 Å². The van der Waals surface area contributed by atoms with Crippen molar-refractivity contribution in [3.63, 3.8) is 0 Å². The number of rotatable bonds is 20. The first-order chi connectivity index (χ1) is 28.8. The molecule has 320 valence electrons. The quantitative estimate of drug-likeness (QED) is 0.0484. The molecule has 3 aliphatic heterocycles. The van der Waals surface area contributed by atoms with Crippen LogP contribution in [0, 0.1) is 27.9 Å². The standard InChI is InChI=1S/C44H58N4O11/c1-3-24-56-44-39(46(2)43(51)57-32-15-13-31(14-16-32)48(52)53)29-37(45-59-40-12-6-9-25-55-40)35-27-30(10-4-7-22-49)34(11-5-8-23-50)41(42(35)44)36-28-33(17-18-38(36)58-44)54-26-21-47-19-20-47/h3,13-18,27-28,30,34,39-42,49-50H,1,4-12,19-26,29H2,2H3/t30-,34+,39-,40?,41+,42+,44+/m0/s1. The number of carbonyl (C=O) groups is 1. The summed E-state index contributed by atoms with van der Waals surface area (Å²) in [4.78, 5) is 35.0. The van der Waals surface area contributed by atoms with E-state index in [9.17, 15) is 25.1 Å². The van der Waals surface area contributed by atoms with Gasteiger partial charge in [0.05, 0.1) is 29.8 Å². The van der Waals surface area contributed by atoms with E-state index in [1.807, 2.05) is 12.1 Å². The number of nitro groups is 1. The van der Waals surface area contributed by atoms with Crippen LogP contribution < -0.4 is 14.2 Å². The maximum Gasteiger partial charge on any atom is 0.415 e. The highest BCUT2D eigenvalue weighted by Gasteiger charge is 2.65. The third kappa shape index (κ3) is 9.76. The molecular weight excluding hydrogens is 761 g/mol. The third-order valence-electron chi connectivity index (χ3n) is 12.3. The fraction of sp³-hybridized carbons (Fsp3) is 0.591. The van der Waals surface area contributed by atoms with Gasteiger partial charge in [-0.15, -0.1) is 6.58 Å². The van der Waals surface area contributed by atoms with Crippen LogP contribution in [-0.4, -0.2) is 115 Å². The van der Waals surface area contributed by atoms with Gasteiger partial charge in [-0.3, -0.25) is 15.0 Å². The Morgan fingerprint density at radius 1 is 1.08 bits per heavy atom. The van der Waals surface area contributed by atoms with Gasteiger partial charge in [-0.1, -0.05) is 30.1 Å². The minimum atomic E-state index is -1.46. The number of carbonyl (C=O) groups excluding carboxylic acids is 1. The minimum Gasteiger partial charge on any atom is -0.492 e. The summed E-state index contributed by atoms with van der Waals surface area (Å²) >= 11 is 0. The molecule has 2 aromatic rings. The number of aliphatic hydroxyl groups excluding tert-OH is 2. The molecule has 2 aromatic carbocycles. The zero-order valence-electron chi connectivity index (χ0n) is 34.0. The Morgan fingerprint density at radius 3 is 2.54 bits per heavy atom. The molecule has 7 atom stereocenters. The van der Waals surface area contributed by atoms with Gasteiger partial charge in [-0.05, 0) is 86.3 Å². The van der Waals surface area contributed by atoms with Crippen LogP contribution in [0.4, 0.5) is 10.5 Å². The number of aliphatic hydroxyl groups is 2. The summed E-state index contributed by atoms with van der Waals surface area (Å²) in [6.45, 7) is 8.41. The summed E-state index contributed by atoms with van der Waals surface area (Å²) in [7, 11) is 1.63. The van der Waals surface area contributed by atoms with E-state index in [4.69, 9.17) is 33.7 Å². The Hall–Kier alpha value is -4.54. The van der Waals surface area contributed by atoms with Crippen molar-refractivity contribution in [2.75, 3.05) is 59.7 Å². The lowest BCUT2D eigenvalue weighted by Gasteiger charge is -2.59. The van der Waals surface area contributed by atoms with E-state index < -0.39 is 35.1 Å². The van der Waals surface area contributed by atoms with Gasteiger partial charge in [0, 0.05) is 76.4 Å². The lowest BCUT2D eigenvalue weighted by atomic mass is 9.55. The van der Waals surface area contributed by atoms with E-state index in [0.717, 1.165) is 75.0 Å². The number of hydrogen-bond acceptors (Lipinski definition) is 13. The topological polar surface area (TPSA) is 175 Å². The van der Waals surface area contributed by atoms with Gasteiger partial charge >= 0.3 is 6.09 Å². The number of non-ortho nitro benzene ring substituents is 1. The van der Waals surface area contributed by atoms with Gasteiger partial charge in [0.15, 0.2) is 0 Å². The number of likely N-dealkylation sites (N-methyl/N-ethyl adjacent to an activating group) is 1. The number of fused-ring (bicyclic) bond motifs is 2. The molecule has 59 heavy (non-hydrogen) atoms. The highest BCUT2D eigenvalue weighted by molar-refractivity contribution is 6.03. The van der Waals surface area contributed by atoms with Crippen molar-refractivity contribution in [3.8, 4) is 17.2 Å². The summed E-state index contributed by atoms with van der Waals surface area (Å²) in [6, 6.07) is 10.5. The van der Waals surface area contributed by atoms with Gasteiger partial charge in [-0.25, -0.2) is 4.79 Å². The molecule has 0 spiro atoms. The van der Waals surface area contributed by atoms with Crippen molar-refractivity contribution in [2.45, 2.75) is 88.2 Å². The molecule has 1 unspecified atom stereocenters. The first-order valence-electron chi connectivity index (χ1n) is 21.2. The summed E-state index contributed by atoms with van der Waals surface area (Å²) in [5, 5.41) is 35.9. The molecule has 0 aromatic heterocycles. The van der Waals surface area contributed by atoms with Crippen LogP contribution in [0.1, 0.15) is 75.7 Å². The van der Waals surface area contributed by atoms with E-state index in [1.165, 1.54) is 29.2 Å². The second-order valence-electron chi connectivity index (χ2n) is 16.1. The molecule has 2 saturated heterocycles. The fourth-order valence-corrected chi connectivity index (χ4v) is 9.26. The molecule has 3 fully saturated rings. The molecule has 2 N–H and O–H groups in total. The molecule has 15 nitrogen and oxygen atoms in total. The van der Waals surface area contributed by atoms with Gasteiger partial charge < -0.3 is 43.6 Å². The number of unbranched alkanes of at least 4 members (excludes halogenated alkanes) is 2. The van der Waals surface area contributed by atoms with Crippen LogP contribution in [0.25, 0.3) is 0 Å². The molecule has 2 aliphatic carbocycles. The van der Waals surface area contributed by atoms with Crippen molar-refractivity contribution in [3.05, 3.63) is 82.4 Å². The maximum atomic E-state index is 14.2. The molecule has 0 bridgehead atoms. The number of benzene rings is 2. The first-order valence-corrected chi connectivity index (χ1v) is 21.2. The van der Waals surface area contributed by atoms with Gasteiger partial charge in [-0.2, -0.15) is 0 Å². The fourth-order valence-electron chi connectivity index (χ4n) is 9.26. The SMILES string of the molecule is C=CCO[C@@]12Oc3ccc(OCCN4CC4)cc3[C@H]3[C@H](CCCCO)[C@@H](CCCCO)C=C(C(=NOC4CCCCO4)C[C@@H]1N(C)C(=O)Oc1ccc([N+](=O)[O-])cc1)[C@H]32. The van der Waals surface area contributed by atoms with E-state index in [0.29, 0.717) is 43.9 Å². The summed E-state index contributed by atoms with van der Waals surface area (Å²) in [5.74, 6) is -0.560. The predicted molar refractivity (Wildman–Crippen MR) is 218 cm³/mol. The van der Waals surface area contributed by atoms with E-state index in [2.05, 4.69) is 23.6 Å². The highest BCUT2D eigenvalue weighted by atomic mass is 16.8. The Labute approximate surface area is 345 Å². The lowest BCUT2D eigenvalue weighted by Crippen LogP contribution is -2.69. The Bertz CT molecular complexity index is 1830. The summed E-state index contributed by atoms with van der Waals surface area (Å²) in [6.07, 6.45) is 10.1. The average molecular weight is 819 g/mol. The van der Waals surface area contributed by atoms with E-state index in [-0.39, 0.29) is 55.4 Å². The zero-order chi connectivity index (χ0) is 41.4. The number of amides is 1. The normalized spacial score (nSPS) is 27.7. The zero-order valence-corrected chi connectivity index (χ0v) is 34.0. The number of nitro benzene ring substituents is 1. The first kappa shape index (κ1) is 42.6. The van der Waals surface area contributed by atoms with Crippen LogP contribution in [-0.2, 0) is 14.3 Å². The number of allylic oxidation sites excluding steroid dienone is 1. The van der Waals surface area contributed by atoms with Crippen LogP contribution in [0.15, 0.2) is 71.9 Å². The second-order valence-corrected chi connectivity index (χ2v) is 16.1. The van der Waals surface area contributed by atoms with Gasteiger partial charge in [0.25, 0.3) is 5.69 Å². The predicted octanol–water partition coefficient (Wildman–Crippen LogP) is 6.58. The molecule has 7 rings (SSSR count). The van der Waals surface area contributed by atoms with Crippen molar-refractivity contribution in [2.24, 2.45) is 22.9 Å². The minimum absolute atomic E-state index is 0.0520. The van der Waals surface area contributed by atoms with Gasteiger partial charge in [0.1, 0.15) is 29.9 Å². The molecule has 0 radical (unpaired) electrons. The average Bonchev–Trinajstić information content (AvgIpc) is 4.08. The molecule has 1 saturated carbocycles. The van der Waals surface area contributed by atoms with Crippen LogP contribution in [0.3, 0.4) is 0 Å². The molecule has 5 aliphatic rings. The van der Waals surface area contributed by atoms with E-state index in [1.54, 1.807) is 13.1 Å². The summed E-state index contributed by atoms with van der Waals surface area (Å²) < 4.78 is 32.3. The Morgan fingerprint density at radius 2 is 1.85 bits per heavy atom. The Kier molecular flexibility index (Phi) is 14.2. The molecule has 1 amide bonds. The van der Waals surface area contributed by atoms with Crippen LogP contribution in [0.2, 0.25) is 0 Å². The maximum absolute atomic E-state index is 14.2. The molecular formula is C44H58N4O11. The Balaban J connectivity index is 1.36. The molecule has 3 heterocycles. The monoisotopic (exact) mass is 818 g/mol. The summed E-state index contributed by atoms with van der Waals surface area (Å²) in [5.41, 5.74) is 2.40. The smallest absolute Gasteiger partial charge is 0.415 e. The van der Waals surface area contributed by atoms with Crippen molar-refractivity contribution in [1.29, 1.82) is 0 Å². The number of ether oxygens (including phenoxy) is 5.